The van der Waals surface area contributed by atoms with Crippen molar-refractivity contribution in [1.82, 2.24) is 9.21 Å². The normalized spacial score (nSPS) is 17.4. The molecule has 1 heterocycles. The van der Waals surface area contributed by atoms with Crippen molar-refractivity contribution in [1.29, 1.82) is 0 Å². The molecule has 0 unspecified atom stereocenters. The van der Waals surface area contributed by atoms with Crippen LogP contribution in [0.25, 0.3) is 0 Å². The van der Waals surface area contributed by atoms with Crippen molar-refractivity contribution in [3.05, 3.63) is 27.8 Å². The van der Waals surface area contributed by atoms with E-state index in [2.05, 4.69) is 27.9 Å². The highest BCUT2D eigenvalue weighted by atomic mass is 127. The lowest BCUT2D eigenvalue weighted by Gasteiger charge is -2.33. The first-order valence-corrected chi connectivity index (χ1v) is 9.85. The Hall–Kier alpha value is -0.710. The average molecular weight is 437 g/mol. The molecule has 1 amide bonds. The van der Waals surface area contributed by atoms with Crippen molar-refractivity contribution >= 4 is 44.2 Å². The number of amides is 1. The van der Waals surface area contributed by atoms with E-state index in [9.17, 15) is 13.2 Å². The topological polar surface area (TPSA) is 69.7 Å². The number of carbonyl (C=O) groups excluding carboxylic acids is 1. The Morgan fingerprint density at radius 1 is 1.18 bits per heavy atom. The fraction of sp³-hybridized carbons (Fsp3) is 0.500. The largest absolute Gasteiger partial charge is 0.325 e. The second-order valence-electron chi connectivity index (χ2n) is 5.13. The highest BCUT2D eigenvalue weighted by Gasteiger charge is 2.26. The van der Waals surface area contributed by atoms with Crippen LogP contribution < -0.4 is 5.32 Å². The number of piperazine rings is 1. The van der Waals surface area contributed by atoms with E-state index in [1.165, 1.54) is 4.31 Å². The van der Waals surface area contributed by atoms with Gasteiger partial charge in [-0.2, -0.15) is 4.31 Å². The van der Waals surface area contributed by atoms with Crippen LogP contribution in [-0.2, 0) is 14.8 Å². The standard InChI is InChI=1S/C14H20IN3O3S/c1-2-22(20,21)18-9-7-17(8-10-18)11-14(19)16-13-5-3-12(15)4-6-13/h3-6H,2,7-11H2,1H3,(H,16,19). The van der Waals surface area contributed by atoms with Crippen LogP contribution in [0, 0.1) is 3.57 Å². The summed E-state index contributed by atoms with van der Waals surface area (Å²) in [7, 11) is -3.12. The maximum Gasteiger partial charge on any atom is 0.238 e. The van der Waals surface area contributed by atoms with Crippen molar-refractivity contribution in [2.75, 3.05) is 43.8 Å². The highest BCUT2D eigenvalue weighted by molar-refractivity contribution is 14.1. The van der Waals surface area contributed by atoms with Gasteiger partial charge in [-0.3, -0.25) is 9.69 Å². The van der Waals surface area contributed by atoms with E-state index in [0.717, 1.165) is 9.26 Å². The maximum atomic E-state index is 12.0. The number of rotatable bonds is 5. The van der Waals surface area contributed by atoms with Gasteiger partial charge in [0.05, 0.1) is 12.3 Å². The molecule has 0 spiro atoms. The smallest absolute Gasteiger partial charge is 0.238 e. The number of hydrogen-bond acceptors (Lipinski definition) is 4. The number of benzene rings is 1. The van der Waals surface area contributed by atoms with E-state index >= 15 is 0 Å². The molecular formula is C14H20IN3O3S. The van der Waals surface area contributed by atoms with E-state index in [0.29, 0.717) is 26.2 Å². The number of hydrogen-bond donors (Lipinski definition) is 1. The molecule has 0 radical (unpaired) electrons. The summed E-state index contributed by atoms with van der Waals surface area (Å²) in [5, 5.41) is 2.85. The fourth-order valence-electron chi connectivity index (χ4n) is 2.29. The molecule has 122 valence electrons. The van der Waals surface area contributed by atoms with Crippen LogP contribution in [0.3, 0.4) is 0 Å². The van der Waals surface area contributed by atoms with Crippen molar-refractivity contribution < 1.29 is 13.2 Å². The summed E-state index contributed by atoms with van der Waals surface area (Å²) in [5.41, 5.74) is 0.776. The Morgan fingerprint density at radius 2 is 1.77 bits per heavy atom. The lowest BCUT2D eigenvalue weighted by Crippen LogP contribution is -2.50. The molecule has 8 heteroatoms. The van der Waals surface area contributed by atoms with Gasteiger partial charge in [0.15, 0.2) is 0 Å². The number of sulfonamides is 1. The molecule has 0 bridgehead atoms. The first kappa shape index (κ1) is 17.6. The summed E-state index contributed by atoms with van der Waals surface area (Å²) < 4.78 is 26.2. The van der Waals surface area contributed by atoms with Gasteiger partial charge in [0, 0.05) is 35.4 Å². The SMILES string of the molecule is CCS(=O)(=O)N1CCN(CC(=O)Nc2ccc(I)cc2)CC1. The van der Waals surface area contributed by atoms with Crippen molar-refractivity contribution in [2.45, 2.75) is 6.92 Å². The third-order valence-electron chi connectivity index (χ3n) is 3.58. The molecule has 0 atom stereocenters. The van der Waals surface area contributed by atoms with Gasteiger partial charge < -0.3 is 5.32 Å². The molecule has 0 aromatic heterocycles. The number of anilines is 1. The van der Waals surface area contributed by atoms with Gasteiger partial charge in [0.2, 0.25) is 15.9 Å². The zero-order valence-corrected chi connectivity index (χ0v) is 15.4. The second kappa shape index (κ2) is 7.71. The van der Waals surface area contributed by atoms with Crippen LogP contribution in [0.4, 0.5) is 5.69 Å². The van der Waals surface area contributed by atoms with E-state index in [-0.39, 0.29) is 18.2 Å². The lowest BCUT2D eigenvalue weighted by atomic mass is 10.3. The molecule has 1 saturated heterocycles. The molecule has 0 aliphatic carbocycles. The van der Waals surface area contributed by atoms with Crippen molar-refractivity contribution in [2.24, 2.45) is 0 Å². The number of carbonyl (C=O) groups is 1. The Kier molecular flexibility index (Phi) is 6.18. The molecule has 2 rings (SSSR count). The van der Waals surface area contributed by atoms with Gasteiger partial charge in [-0.05, 0) is 53.8 Å². The molecule has 22 heavy (non-hydrogen) atoms. The number of nitrogens with zero attached hydrogens (tertiary/aromatic N) is 2. The zero-order valence-electron chi connectivity index (χ0n) is 12.5. The molecule has 1 aliphatic rings. The minimum atomic E-state index is -3.12. The van der Waals surface area contributed by atoms with Gasteiger partial charge in [-0.25, -0.2) is 8.42 Å². The monoisotopic (exact) mass is 437 g/mol. The molecule has 1 aliphatic heterocycles. The molecule has 1 aromatic carbocycles. The summed E-state index contributed by atoms with van der Waals surface area (Å²) >= 11 is 2.21. The third-order valence-corrected chi connectivity index (χ3v) is 6.19. The van der Waals surface area contributed by atoms with Crippen LogP contribution in [0.5, 0.6) is 0 Å². The average Bonchev–Trinajstić information content (AvgIpc) is 2.50. The van der Waals surface area contributed by atoms with E-state index < -0.39 is 10.0 Å². The van der Waals surface area contributed by atoms with Gasteiger partial charge in [-0.15, -0.1) is 0 Å². The predicted octanol–water partition coefficient (Wildman–Crippen LogP) is 1.20. The van der Waals surface area contributed by atoms with Crippen molar-refractivity contribution in [3.8, 4) is 0 Å². The fourth-order valence-corrected chi connectivity index (χ4v) is 3.73. The van der Waals surface area contributed by atoms with Crippen LogP contribution in [0.1, 0.15) is 6.92 Å². The van der Waals surface area contributed by atoms with Crippen LogP contribution in [0.15, 0.2) is 24.3 Å². The highest BCUT2D eigenvalue weighted by Crippen LogP contribution is 2.12. The maximum absolute atomic E-state index is 12.0. The summed E-state index contributed by atoms with van der Waals surface area (Å²) in [5.74, 6) is 0.0494. The summed E-state index contributed by atoms with van der Waals surface area (Å²) in [4.78, 5) is 14.0. The summed E-state index contributed by atoms with van der Waals surface area (Å²) in [6.07, 6.45) is 0. The van der Waals surface area contributed by atoms with E-state index in [1.54, 1.807) is 6.92 Å². The summed E-state index contributed by atoms with van der Waals surface area (Å²) in [6, 6.07) is 7.60. The molecule has 1 fully saturated rings. The first-order valence-electron chi connectivity index (χ1n) is 7.16. The molecule has 0 saturated carbocycles. The molecule has 6 nitrogen and oxygen atoms in total. The molecule has 1 N–H and O–H groups in total. The third kappa shape index (κ3) is 4.90. The Morgan fingerprint density at radius 3 is 2.32 bits per heavy atom. The summed E-state index contributed by atoms with van der Waals surface area (Å²) in [6.45, 7) is 4.00. The molecular weight excluding hydrogens is 417 g/mol. The zero-order chi connectivity index (χ0) is 16.2. The van der Waals surface area contributed by atoms with Gasteiger partial charge in [0.25, 0.3) is 0 Å². The number of nitrogens with one attached hydrogen (secondary N) is 1. The van der Waals surface area contributed by atoms with Crippen LogP contribution >= 0.6 is 22.6 Å². The van der Waals surface area contributed by atoms with E-state index in [1.807, 2.05) is 29.2 Å². The van der Waals surface area contributed by atoms with Gasteiger partial charge >= 0.3 is 0 Å². The minimum Gasteiger partial charge on any atom is -0.325 e. The van der Waals surface area contributed by atoms with Crippen molar-refractivity contribution in [3.63, 3.8) is 0 Å². The predicted molar refractivity (Wildman–Crippen MR) is 95.3 cm³/mol. The minimum absolute atomic E-state index is 0.0759. The Balaban J connectivity index is 1.80. The van der Waals surface area contributed by atoms with E-state index in [4.69, 9.17) is 0 Å². The second-order valence-corrected chi connectivity index (χ2v) is 8.63. The Labute approximate surface area is 145 Å². The van der Waals surface area contributed by atoms with Gasteiger partial charge in [0.1, 0.15) is 0 Å². The first-order chi connectivity index (χ1) is 10.4. The number of halogens is 1. The Bertz CT molecular complexity index is 611. The van der Waals surface area contributed by atoms with Crippen LogP contribution in [0.2, 0.25) is 0 Å². The molecule has 1 aromatic rings. The van der Waals surface area contributed by atoms with Crippen LogP contribution in [-0.4, -0.2) is 62.0 Å². The quantitative estimate of drug-likeness (QED) is 0.704. The lowest BCUT2D eigenvalue weighted by molar-refractivity contribution is -0.117. The van der Waals surface area contributed by atoms with Gasteiger partial charge in [-0.1, -0.05) is 0 Å².